The van der Waals surface area contributed by atoms with Crippen molar-refractivity contribution in [1.29, 1.82) is 0 Å². The highest BCUT2D eigenvalue weighted by atomic mass is 16.8. The fourth-order valence-electron chi connectivity index (χ4n) is 2.22. The molecular formula is C15H14O15. The van der Waals surface area contributed by atoms with Gasteiger partial charge in [-0.3, -0.25) is 0 Å². The second-order valence-electron chi connectivity index (χ2n) is 5.82. The summed E-state index contributed by atoms with van der Waals surface area (Å²) in [5.74, 6) is -3.05. The second-order valence-corrected chi connectivity index (χ2v) is 5.82. The zero-order valence-corrected chi connectivity index (χ0v) is 15.0. The van der Waals surface area contributed by atoms with E-state index in [-0.39, 0.29) is 13.2 Å². The maximum atomic E-state index is 12.0. The summed E-state index contributed by atoms with van der Waals surface area (Å²) >= 11 is 0. The van der Waals surface area contributed by atoms with Crippen LogP contribution in [0.5, 0.6) is 0 Å². The van der Waals surface area contributed by atoms with Crippen LogP contribution in [-0.4, -0.2) is 93.8 Å². The number of esters is 3. The molecule has 0 aromatic rings. The largest absolute Gasteiger partial charge is 0.509 e. The summed E-state index contributed by atoms with van der Waals surface area (Å²) in [4.78, 5) is 68.4. The molecule has 3 fully saturated rings. The second kappa shape index (κ2) is 9.15. The van der Waals surface area contributed by atoms with Gasteiger partial charge < -0.3 is 42.6 Å². The molecule has 3 aliphatic rings. The number of cyclic esters (lactones) is 6. The quantitative estimate of drug-likeness (QED) is 0.320. The molecule has 3 atom stereocenters. The Balaban J connectivity index is 1.53. The molecule has 3 unspecified atom stereocenters. The normalized spacial score (nSPS) is 25.6. The van der Waals surface area contributed by atoms with Gasteiger partial charge in [-0.1, -0.05) is 0 Å². The fourth-order valence-corrected chi connectivity index (χ4v) is 2.22. The summed E-state index contributed by atoms with van der Waals surface area (Å²) in [5.41, 5.74) is 0. The number of carbonyl (C=O) groups is 6. The van der Waals surface area contributed by atoms with Crippen LogP contribution in [0.1, 0.15) is 0 Å². The van der Waals surface area contributed by atoms with Crippen LogP contribution in [0.2, 0.25) is 0 Å². The third-order valence-electron chi connectivity index (χ3n) is 3.67. The maximum absolute atomic E-state index is 12.0. The van der Waals surface area contributed by atoms with Crippen molar-refractivity contribution in [3.8, 4) is 0 Å². The zero-order valence-electron chi connectivity index (χ0n) is 15.0. The molecule has 0 spiro atoms. The Morgan fingerprint density at radius 1 is 0.700 bits per heavy atom. The number of hydrogen-bond acceptors (Lipinski definition) is 15. The molecule has 0 amide bonds. The van der Waals surface area contributed by atoms with Gasteiger partial charge in [0.05, 0.1) is 0 Å². The van der Waals surface area contributed by atoms with Gasteiger partial charge in [-0.25, -0.2) is 28.8 Å². The third kappa shape index (κ3) is 5.39. The van der Waals surface area contributed by atoms with Gasteiger partial charge >= 0.3 is 36.4 Å². The Labute approximate surface area is 166 Å². The number of carbonyl (C=O) groups excluding carboxylic acids is 6. The lowest BCUT2D eigenvalue weighted by atomic mass is 10.3. The minimum Gasteiger partial charge on any atom is -0.459 e. The van der Waals surface area contributed by atoms with E-state index >= 15 is 0 Å². The lowest BCUT2D eigenvalue weighted by Crippen LogP contribution is -2.38. The van der Waals surface area contributed by atoms with E-state index in [1.54, 1.807) is 0 Å². The van der Waals surface area contributed by atoms with Crippen LogP contribution in [-0.2, 0) is 57.0 Å². The highest BCUT2D eigenvalue weighted by Crippen LogP contribution is 2.13. The van der Waals surface area contributed by atoms with Crippen LogP contribution >= 0.6 is 0 Å². The molecule has 0 radical (unpaired) electrons. The van der Waals surface area contributed by atoms with Gasteiger partial charge in [0.1, 0.15) is 33.0 Å². The molecule has 0 aromatic heterocycles. The highest BCUT2D eigenvalue weighted by molar-refractivity contribution is 5.81. The van der Waals surface area contributed by atoms with Crippen LogP contribution < -0.4 is 0 Å². The van der Waals surface area contributed by atoms with Crippen molar-refractivity contribution < 1.29 is 71.4 Å². The molecule has 3 aliphatic heterocycles. The van der Waals surface area contributed by atoms with Crippen molar-refractivity contribution in [2.24, 2.45) is 0 Å². The van der Waals surface area contributed by atoms with Crippen LogP contribution in [0, 0.1) is 0 Å². The van der Waals surface area contributed by atoms with E-state index in [1.165, 1.54) is 0 Å². The van der Waals surface area contributed by atoms with Crippen LogP contribution in [0.15, 0.2) is 0 Å². The molecule has 30 heavy (non-hydrogen) atoms. The van der Waals surface area contributed by atoms with Crippen molar-refractivity contribution >= 4 is 36.4 Å². The molecule has 3 rings (SSSR count). The summed E-state index contributed by atoms with van der Waals surface area (Å²) < 4.78 is 41.8. The molecule has 15 nitrogen and oxygen atoms in total. The molecule has 3 saturated heterocycles. The molecule has 0 N–H and O–H groups in total. The predicted octanol–water partition coefficient (Wildman–Crippen LogP) is -1.41. The summed E-state index contributed by atoms with van der Waals surface area (Å²) in [6.45, 7) is -2.35. The SMILES string of the molecule is O=C1OCC(C(=O)OCC(COC(=O)C2COC(=O)O2)OC(=O)C2COC(=O)O2)O1. The molecule has 0 aromatic carbocycles. The first-order valence-electron chi connectivity index (χ1n) is 8.36. The number of rotatable bonds is 8. The first-order chi connectivity index (χ1) is 14.3. The van der Waals surface area contributed by atoms with Gasteiger partial charge in [-0.05, 0) is 0 Å². The van der Waals surface area contributed by atoms with E-state index in [1.807, 2.05) is 0 Å². The number of ether oxygens (including phenoxy) is 9. The van der Waals surface area contributed by atoms with E-state index in [9.17, 15) is 28.8 Å². The van der Waals surface area contributed by atoms with Crippen LogP contribution in [0.4, 0.5) is 14.4 Å². The van der Waals surface area contributed by atoms with E-state index < -0.39 is 80.6 Å². The van der Waals surface area contributed by atoms with Crippen LogP contribution in [0.25, 0.3) is 0 Å². The Bertz CT molecular complexity index is 702. The topological polar surface area (TPSA) is 185 Å². The monoisotopic (exact) mass is 434 g/mol. The van der Waals surface area contributed by atoms with Crippen molar-refractivity contribution in [2.45, 2.75) is 24.4 Å². The van der Waals surface area contributed by atoms with Gasteiger partial charge in [0, 0.05) is 0 Å². The Morgan fingerprint density at radius 3 is 1.40 bits per heavy atom. The van der Waals surface area contributed by atoms with Gasteiger partial charge in [0.15, 0.2) is 6.10 Å². The zero-order chi connectivity index (χ0) is 21.7. The van der Waals surface area contributed by atoms with E-state index in [0.29, 0.717) is 0 Å². The Kier molecular flexibility index (Phi) is 6.38. The van der Waals surface area contributed by atoms with Crippen LogP contribution in [0.3, 0.4) is 0 Å². The first kappa shape index (κ1) is 20.9. The lowest BCUT2D eigenvalue weighted by Gasteiger charge is -2.20. The lowest BCUT2D eigenvalue weighted by molar-refractivity contribution is -0.175. The molecule has 0 saturated carbocycles. The Hall–Kier alpha value is -3.78. The molecule has 3 heterocycles. The van der Waals surface area contributed by atoms with Gasteiger partial charge in [0.2, 0.25) is 18.3 Å². The van der Waals surface area contributed by atoms with Gasteiger partial charge in [-0.2, -0.15) is 0 Å². The van der Waals surface area contributed by atoms with E-state index in [2.05, 4.69) is 28.4 Å². The fraction of sp³-hybridized carbons (Fsp3) is 0.600. The maximum Gasteiger partial charge on any atom is 0.509 e. The smallest absolute Gasteiger partial charge is 0.459 e. The van der Waals surface area contributed by atoms with E-state index in [4.69, 9.17) is 14.2 Å². The van der Waals surface area contributed by atoms with Crippen molar-refractivity contribution in [1.82, 2.24) is 0 Å². The number of hydrogen-bond donors (Lipinski definition) is 0. The molecule has 0 bridgehead atoms. The molecule has 15 heteroatoms. The minimum atomic E-state index is -1.36. The van der Waals surface area contributed by atoms with E-state index in [0.717, 1.165) is 0 Å². The minimum absolute atomic E-state index is 0.362. The third-order valence-corrected chi connectivity index (χ3v) is 3.67. The molecule has 164 valence electrons. The van der Waals surface area contributed by atoms with Gasteiger partial charge in [-0.15, -0.1) is 0 Å². The summed E-state index contributed by atoms with van der Waals surface area (Å²) in [5, 5.41) is 0. The van der Waals surface area contributed by atoms with Crippen molar-refractivity contribution in [2.75, 3.05) is 33.0 Å². The predicted molar refractivity (Wildman–Crippen MR) is 80.5 cm³/mol. The summed E-state index contributed by atoms with van der Waals surface area (Å²) in [6, 6.07) is 0. The standard InChI is InChI=1S/C15H14O15/c16-10(7-3-24-13(19)28-7)22-1-6(27-12(18)9-5-26-15(21)30-9)2-23-11(17)8-4-25-14(20)29-8/h6-9H,1-5H2. The molecule has 0 aliphatic carbocycles. The first-order valence-corrected chi connectivity index (χ1v) is 8.36. The van der Waals surface area contributed by atoms with Crippen molar-refractivity contribution in [3.05, 3.63) is 0 Å². The average Bonchev–Trinajstić information content (AvgIpc) is 3.44. The average molecular weight is 434 g/mol. The Morgan fingerprint density at radius 2 is 1.07 bits per heavy atom. The highest BCUT2D eigenvalue weighted by Gasteiger charge is 2.38. The summed E-state index contributed by atoms with van der Waals surface area (Å²) in [7, 11) is 0. The van der Waals surface area contributed by atoms with Crippen molar-refractivity contribution in [3.63, 3.8) is 0 Å². The van der Waals surface area contributed by atoms with Gasteiger partial charge in [0.25, 0.3) is 0 Å². The molecular weight excluding hydrogens is 420 g/mol. The summed E-state index contributed by atoms with van der Waals surface area (Å²) in [6.07, 6.45) is -8.50.